The summed E-state index contributed by atoms with van der Waals surface area (Å²) in [5, 5.41) is 0. The molecule has 1 saturated heterocycles. The fourth-order valence-electron chi connectivity index (χ4n) is 0.534. The molecule has 0 unspecified atom stereocenters. The highest BCUT2D eigenvalue weighted by molar-refractivity contribution is 5.11. The summed E-state index contributed by atoms with van der Waals surface area (Å²) in [4.78, 5) is 0. The van der Waals surface area contributed by atoms with Crippen molar-refractivity contribution >= 4 is 0 Å². The van der Waals surface area contributed by atoms with Crippen molar-refractivity contribution in [3.8, 4) is 0 Å². The van der Waals surface area contributed by atoms with Gasteiger partial charge in [-0.3, -0.25) is 0 Å². The Bertz CT molecular complexity index is 165. The van der Waals surface area contributed by atoms with Crippen LogP contribution >= 0.6 is 0 Å². The summed E-state index contributed by atoms with van der Waals surface area (Å²) < 4.78 is 4.50. The lowest BCUT2D eigenvalue weighted by Gasteiger charge is -1.82. The first-order valence-corrected chi connectivity index (χ1v) is 3.49. The third kappa shape index (κ3) is 4.10. The van der Waals surface area contributed by atoms with Crippen LogP contribution in [-0.2, 0) is 4.74 Å². The molecule has 1 nitrogen and oxygen atoms in total. The van der Waals surface area contributed by atoms with Crippen LogP contribution in [-0.4, -0.2) is 13.2 Å². The van der Waals surface area contributed by atoms with Crippen molar-refractivity contribution in [3.63, 3.8) is 0 Å². The molecule has 0 aromatic heterocycles. The van der Waals surface area contributed by atoms with Crippen molar-refractivity contribution in [2.75, 3.05) is 13.2 Å². The Morgan fingerprint density at radius 2 is 1.60 bits per heavy atom. The summed E-state index contributed by atoms with van der Waals surface area (Å²) >= 11 is 0. The Morgan fingerprint density at radius 3 is 1.80 bits per heavy atom. The maximum absolute atomic E-state index is 4.50. The van der Waals surface area contributed by atoms with Gasteiger partial charge in [0.2, 0.25) is 0 Å². The number of hydrogen-bond donors (Lipinski definition) is 0. The van der Waals surface area contributed by atoms with Gasteiger partial charge in [-0.2, -0.15) is 0 Å². The Morgan fingerprint density at radius 1 is 1.10 bits per heavy atom. The van der Waals surface area contributed by atoms with E-state index in [1.807, 2.05) is 18.2 Å². The lowest BCUT2D eigenvalue weighted by molar-refractivity contribution is 0.475. The molecule has 10 heavy (non-hydrogen) atoms. The molecule has 1 aliphatic rings. The molecule has 0 aliphatic carbocycles. The van der Waals surface area contributed by atoms with Gasteiger partial charge in [0.05, 0.1) is 13.2 Å². The molecule has 54 valence electrons. The predicted octanol–water partition coefficient (Wildman–Crippen LogP) is 2.01. The molecule has 0 saturated carbocycles. The van der Waals surface area contributed by atoms with Gasteiger partial charge < -0.3 is 4.74 Å². The maximum atomic E-state index is 4.50. The van der Waals surface area contributed by atoms with E-state index in [1.165, 1.54) is 5.56 Å². The maximum Gasteiger partial charge on any atom is 0.0701 e. The number of hydrogen-bond acceptors (Lipinski definition) is 1. The highest BCUT2D eigenvalue weighted by Gasteiger charge is 1.94. The summed E-state index contributed by atoms with van der Waals surface area (Å²) in [6.07, 6.45) is 0. The van der Waals surface area contributed by atoms with Gasteiger partial charge in [-0.05, 0) is 6.92 Å². The van der Waals surface area contributed by atoms with E-state index in [0.29, 0.717) is 0 Å². The van der Waals surface area contributed by atoms with Crippen LogP contribution < -0.4 is 0 Å². The van der Waals surface area contributed by atoms with Crippen LogP contribution in [0.25, 0.3) is 0 Å². The molecular weight excluding hydrogens is 124 g/mol. The number of ether oxygens (including phenoxy) is 1. The van der Waals surface area contributed by atoms with E-state index in [1.54, 1.807) is 0 Å². The molecule has 1 fully saturated rings. The molecule has 0 amide bonds. The third-order valence-corrected chi connectivity index (χ3v) is 1.14. The smallest absolute Gasteiger partial charge is 0.0701 e. The monoisotopic (exact) mass is 136 g/mol. The fourth-order valence-corrected chi connectivity index (χ4v) is 0.534. The molecule has 0 atom stereocenters. The van der Waals surface area contributed by atoms with E-state index in [4.69, 9.17) is 0 Å². The van der Waals surface area contributed by atoms with E-state index < -0.39 is 0 Å². The van der Waals surface area contributed by atoms with E-state index >= 15 is 0 Å². The molecule has 0 radical (unpaired) electrons. The van der Waals surface area contributed by atoms with Crippen LogP contribution in [0.1, 0.15) is 5.56 Å². The molecule has 1 aromatic rings. The van der Waals surface area contributed by atoms with Crippen LogP contribution in [0.15, 0.2) is 30.3 Å². The molecule has 0 spiro atoms. The summed E-state index contributed by atoms with van der Waals surface area (Å²) in [7, 11) is 0. The standard InChI is InChI=1S/C7H8.C2H4O/c1-7-5-3-2-4-6-7;1-2-3-1/h2-6H,1H3;1-2H2. The van der Waals surface area contributed by atoms with Gasteiger partial charge >= 0.3 is 0 Å². The third-order valence-electron chi connectivity index (χ3n) is 1.14. The molecule has 1 aromatic carbocycles. The second-order valence-electron chi connectivity index (χ2n) is 2.27. The summed E-state index contributed by atoms with van der Waals surface area (Å²) in [5.74, 6) is 0. The van der Waals surface area contributed by atoms with Gasteiger partial charge in [0, 0.05) is 0 Å². The average Bonchev–Trinajstić information content (AvgIpc) is 2.73. The van der Waals surface area contributed by atoms with Crippen LogP contribution in [0.5, 0.6) is 0 Å². The highest BCUT2D eigenvalue weighted by Crippen LogP contribution is 1.92. The van der Waals surface area contributed by atoms with Gasteiger partial charge in [0.15, 0.2) is 0 Å². The average molecular weight is 136 g/mol. The van der Waals surface area contributed by atoms with E-state index in [9.17, 15) is 0 Å². The van der Waals surface area contributed by atoms with Crippen LogP contribution in [0.3, 0.4) is 0 Å². The van der Waals surface area contributed by atoms with Gasteiger partial charge in [-0.15, -0.1) is 0 Å². The number of epoxide rings is 1. The Labute approximate surface area is 61.6 Å². The Hall–Kier alpha value is -0.820. The minimum atomic E-state index is 1.00. The molecule has 0 bridgehead atoms. The first-order chi connectivity index (χ1) is 4.89. The Balaban J connectivity index is 0.000000138. The lowest BCUT2D eigenvalue weighted by Crippen LogP contribution is -1.62. The van der Waals surface area contributed by atoms with Gasteiger partial charge in [-0.1, -0.05) is 35.9 Å². The fraction of sp³-hybridized carbons (Fsp3) is 0.333. The number of aryl methyl sites for hydroxylation is 1. The van der Waals surface area contributed by atoms with Crippen LogP contribution in [0, 0.1) is 6.92 Å². The molecule has 1 heteroatoms. The predicted molar refractivity (Wildman–Crippen MR) is 42.0 cm³/mol. The lowest BCUT2D eigenvalue weighted by atomic mass is 10.2. The topological polar surface area (TPSA) is 12.5 Å². The SMILES string of the molecule is C1CO1.Cc1ccccc1. The number of rotatable bonds is 0. The van der Waals surface area contributed by atoms with Crippen molar-refractivity contribution < 1.29 is 4.74 Å². The van der Waals surface area contributed by atoms with E-state index in [2.05, 4.69) is 23.8 Å². The van der Waals surface area contributed by atoms with Crippen molar-refractivity contribution in [3.05, 3.63) is 35.9 Å². The first-order valence-electron chi connectivity index (χ1n) is 3.49. The second-order valence-corrected chi connectivity index (χ2v) is 2.27. The minimum absolute atomic E-state index is 1.00. The van der Waals surface area contributed by atoms with Gasteiger partial charge in [0.25, 0.3) is 0 Å². The summed E-state index contributed by atoms with van der Waals surface area (Å²) in [6, 6.07) is 10.3. The van der Waals surface area contributed by atoms with E-state index in [-0.39, 0.29) is 0 Å². The summed E-state index contributed by atoms with van der Waals surface area (Å²) in [5.41, 5.74) is 1.32. The molecule has 0 N–H and O–H groups in total. The van der Waals surface area contributed by atoms with Gasteiger partial charge in [-0.25, -0.2) is 0 Å². The Kier molecular flexibility index (Phi) is 2.97. The second kappa shape index (κ2) is 4.07. The van der Waals surface area contributed by atoms with Crippen molar-refractivity contribution in [2.45, 2.75) is 6.92 Å². The zero-order valence-corrected chi connectivity index (χ0v) is 6.21. The van der Waals surface area contributed by atoms with Crippen molar-refractivity contribution in [2.24, 2.45) is 0 Å². The van der Waals surface area contributed by atoms with E-state index in [0.717, 1.165) is 13.2 Å². The quantitative estimate of drug-likeness (QED) is 0.497. The number of benzene rings is 1. The van der Waals surface area contributed by atoms with Gasteiger partial charge in [0.1, 0.15) is 0 Å². The zero-order valence-electron chi connectivity index (χ0n) is 6.21. The largest absolute Gasteiger partial charge is 0.377 e. The molecule has 1 aliphatic heterocycles. The van der Waals surface area contributed by atoms with Crippen molar-refractivity contribution in [1.82, 2.24) is 0 Å². The highest BCUT2D eigenvalue weighted by atomic mass is 16.6. The van der Waals surface area contributed by atoms with Crippen LogP contribution in [0.4, 0.5) is 0 Å². The molecular formula is C9H12O. The summed E-state index contributed by atoms with van der Waals surface area (Å²) in [6.45, 7) is 4.08. The van der Waals surface area contributed by atoms with Crippen molar-refractivity contribution in [1.29, 1.82) is 0 Å². The van der Waals surface area contributed by atoms with Crippen LogP contribution in [0.2, 0.25) is 0 Å². The molecule has 1 heterocycles. The zero-order chi connectivity index (χ0) is 7.23. The minimum Gasteiger partial charge on any atom is -0.377 e. The first kappa shape index (κ1) is 7.29. The molecule has 2 rings (SSSR count). The normalized spacial score (nSPS) is 13.3.